The molecular weight excluding hydrogens is 399 g/mol. The highest BCUT2D eigenvalue weighted by Crippen LogP contribution is 2.37. The molecule has 4 nitrogen and oxygen atoms in total. The van der Waals surface area contributed by atoms with Crippen molar-refractivity contribution in [2.45, 2.75) is 69.2 Å². The molecule has 2 fully saturated rings. The Bertz CT molecular complexity index is 764. The number of likely N-dealkylation sites (tertiary alicyclic amines) is 1. The summed E-state index contributed by atoms with van der Waals surface area (Å²) in [6.07, 6.45) is 4.11. The SMILES string of the molecule is FC(F)(F)c1ccc(C2=NOC3(CCN(C(=S)NC4CCCCC4)CC3)C2)cc1. The molecule has 0 atom stereocenters. The first-order valence-electron chi connectivity index (χ1n) is 10.3. The van der Waals surface area contributed by atoms with Crippen LogP contribution in [-0.4, -0.2) is 40.5 Å². The molecule has 0 radical (unpaired) electrons. The minimum Gasteiger partial charge on any atom is -0.388 e. The number of hydrogen-bond acceptors (Lipinski definition) is 3. The molecule has 0 amide bonds. The molecule has 0 bridgehead atoms. The maximum Gasteiger partial charge on any atom is 0.416 e. The van der Waals surface area contributed by atoms with E-state index in [4.69, 9.17) is 17.1 Å². The standard InChI is InChI=1S/C21H26F3N3OS/c22-21(23,24)16-8-6-15(7-9-16)18-14-20(28-26-18)10-12-27(13-11-20)19(29)25-17-4-2-1-3-5-17/h6-9,17H,1-5,10-14H2,(H,25,29). The van der Waals surface area contributed by atoms with E-state index in [0.717, 1.165) is 48.9 Å². The Hall–Kier alpha value is -1.83. The average Bonchev–Trinajstić information content (AvgIpc) is 3.12. The lowest BCUT2D eigenvalue weighted by Crippen LogP contribution is -2.52. The molecule has 1 saturated carbocycles. The van der Waals surface area contributed by atoms with E-state index in [-0.39, 0.29) is 5.60 Å². The highest BCUT2D eigenvalue weighted by atomic mass is 32.1. The quantitative estimate of drug-likeness (QED) is 0.686. The van der Waals surface area contributed by atoms with Crippen molar-refractivity contribution in [2.75, 3.05) is 13.1 Å². The predicted molar refractivity (Wildman–Crippen MR) is 110 cm³/mol. The van der Waals surface area contributed by atoms with E-state index < -0.39 is 11.7 Å². The van der Waals surface area contributed by atoms with Gasteiger partial charge in [-0.2, -0.15) is 13.2 Å². The van der Waals surface area contributed by atoms with Crippen LogP contribution in [0, 0.1) is 0 Å². The van der Waals surface area contributed by atoms with Gasteiger partial charge in [0.1, 0.15) is 5.60 Å². The number of benzene rings is 1. The van der Waals surface area contributed by atoms with Gasteiger partial charge in [-0.1, -0.05) is 36.6 Å². The lowest BCUT2D eigenvalue weighted by molar-refractivity contribution is -0.137. The molecule has 2 aliphatic heterocycles. The summed E-state index contributed by atoms with van der Waals surface area (Å²) in [6.45, 7) is 1.60. The van der Waals surface area contributed by atoms with Crippen molar-refractivity contribution in [3.63, 3.8) is 0 Å². The molecule has 1 saturated heterocycles. The molecule has 1 spiro atoms. The Morgan fingerprint density at radius 1 is 1.10 bits per heavy atom. The second-order valence-electron chi connectivity index (χ2n) is 8.34. The van der Waals surface area contributed by atoms with E-state index in [1.807, 2.05) is 0 Å². The van der Waals surface area contributed by atoms with Crippen molar-refractivity contribution in [3.8, 4) is 0 Å². The van der Waals surface area contributed by atoms with Gasteiger partial charge in [0.2, 0.25) is 0 Å². The van der Waals surface area contributed by atoms with Crippen LogP contribution >= 0.6 is 12.2 Å². The fourth-order valence-corrected chi connectivity index (χ4v) is 4.78. The van der Waals surface area contributed by atoms with E-state index in [0.29, 0.717) is 18.0 Å². The molecule has 29 heavy (non-hydrogen) atoms. The van der Waals surface area contributed by atoms with Gasteiger partial charge < -0.3 is 15.1 Å². The zero-order valence-corrected chi connectivity index (χ0v) is 17.1. The molecule has 1 aliphatic carbocycles. The molecule has 2 heterocycles. The maximum atomic E-state index is 12.8. The molecular formula is C21H26F3N3OS. The first kappa shape index (κ1) is 20.4. The fourth-order valence-electron chi connectivity index (χ4n) is 4.43. The minimum absolute atomic E-state index is 0.366. The largest absolute Gasteiger partial charge is 0.416 e. The highest BCUT2D eigenvalue weighted by molar-refractivity contribution is 7.80. The summed E-state index contributed by atoms with van der Waals surface area (Å²) in [5.74, 6) is 0. The van der Waals surface area contributed by atoms with Gasteiger partial charge in [-0.05, 0) is 42.8 Å². The van der Waals surface area contributed by atoms with Crippen LogP contribution < -0.4 is 5.32 Å². The summed E-state index contributed by atoms with van der Waals surface area (Å²) in [5.41, 5.74) is 0.388. The molecule has 0 unspecified atom stereocenters. The lowest BCUT2D eigenvalue weighted by Gasteiger charge is -2.39. The molecule has 0 aromatic heterocycles. The zero-order valence-electron chi connectivity index (χ0n) is 16.3. The maximum absolute atomic E-state index is 12.8. The van der Waals surface area contributed by atoms with Crippen molar-refractivity contribution in [1.29, 1.82) is 0 Å². The van der Waals surface area contributed by atoms with Gasteiger partial charge in [0.05, 0.1) is 11.3 Å². The number of rotatable bonds is 2. The molecule has 158 valence electrons. The van der Waals surface area contributed by atoms with E-state index in [1.54, 1.807) is 0 Å². The Labute approximate surface area is 174 Å². The number of oxime groups is 1. The Morgan fingerprint density at radius 3 is 2.38 bits per heavy atom. The number of thiocarbonyl (C=S) groups is 1. The second kappa shape index (κ2) is 8.13. The number of alkyl halides is 3. The first-order valence-corrected chi connectivity index (χ1v) is 10.7. The second-order valence-corrected chi connectivity index (χ2v) is 8.72. The van der Waals surface area contributed by atoms with Crippen LogP contribution in [0.1, 0.15) is 62.5 Å². The topological polar surface area (TPSA) is 36.9 Å². The van der Waals surface area contributed by atoms with Crippen LogP contribution in [0.3, 0.4) is 0 Å². The van der Waals surface area contributed by atoms with E-state index in [9.17, 15) is 13.2 Å². The average molecular weight is 426 g/mol. The van der Waals surface area contributed by atoms with Crippen molar-refractivity contribution in [2.24, 2.45) is 5.16 Å². The van der Waals surface area contributed by atoms with E-state index >= 15 is 0 Å². The summed E-state index contributed by atoms with van der Waals surface area (Å²) in [6, 6.07) is 5.64. The van der Waals surface area contributed by atoms with Crippen LogP contribution in [-0.2, 0) is 11.0 Å². The number of nitrogens with one attached hydrogen (secondary N) is 1. The highest BCUT2D eigenvalue weighted by Gasteiger charge is 2.43. The fraction of sp³-hybridized carbons (Fsp3) is 0.619. The third-order valence-electron chi connectivity index (χ3n) is 6.28. The Balaban J connectivity index is 1.30. The van der Waals surface area contributed by atoms with Gasteiger partial charge in [0.25, 0.3) is 0 Å². The lowest BCUT2D eigenvalue weighted by atomic mass is 9.85. The molecule has 4 rings (SSSR count). The molecule has 1 N–H and O–H groups in total. The summed E-state index contributed by atoms with van der Waals surface area (Å²) in [5, 5.41) is 8.55. The van der Waals surface area contributed by atoms with E-state index in [1.165, 1.54) is 44.2 Å². The van der Waals surface area contributed by atoms with Crippen LogP contribution in [0.15, 0.2) is 29.4 Å². The monoisotopic (exact) mass is 425 g/mol. The summed E-state index contributed by atoms with van der Waals surface area (Å²) in [7, 11) is 0. The molecule has 1 aromatic carbocycles. The number of halogens is 3. The van der Waals surface area contributed by atoms with Crippen molar-refractivity contribution < 1.29 is 18.0 Å². The van der Waals surface area contributed by atoms with Gasteiger partial charge in [-0.25, -0.2) is 0 Å². The van der Waals surface area contributed by atoms with Gasteiger partial charge >= 0.3 is 6.18 Å². The molecule has 8 heteroatoms. The Kier molecular flexibility index (Phi) is 5.73. The van der Waals surface area contributed by atoms with Crippen molar-refractivity contribution in [3.05, 3.63) is 35.4 Å². The van der Waals surface area contributed by atoms with E-state index in [2.05, 4.69) is 15.4 Å². The Morgan fingerprint density at radius 2 is 1.76 bits per heavy atom. The van der Waals surface area contributed by atoms with Crippen LogP contribution in [0.5, 0.6) is 0 Å². The zero-order chi connectivity index (χ0) is 20.5. The third-order valence-corrected chi connectivity index (χ3v) is 6.66. The third kappa shape index (κ3) is 4.68. The van der Waals surface area contributed by atoms with Crippen molar-refractivity contribution in [1.82, 2.24) is 10.2 Å². The number of hydrogen-bond donors (Lipinski definition) is 1. The van der Waals surface area contributed by atoms with Crippen LogP contribution in [0.2, 0.25) is 0 Å². The summed E-state index contributed by atoms with van der Waals surface area (Å²) >= 11 is 5.61. The number of piperidine rings is 1. The summed E-state index contributed by atoms with van der Waals surface area (Å²) in [4.78, 5) is 8.00. The van der Waals surface area contributed by atoms with Gasteiger partial charge in [0.15, 0.2) is 5.11 Å². The van der Waals surface area contributed by atoms with Crippen LogP contribution in [0.25, 0.3) is 0 Å². The predicted octanol–water partition coefficient (Wildman–Crippen LogP) is 4.87. The van der Waals surface area contributed by atoms with Gasteiger partial charge in [0, 0.05) is 38.4 Å². The smallest absolute Gasteiger partial charge is 0.388 e. The minimum atomic E-state index is -4.33. The molecule has 3 aliphatic rings. The van der Waals surface area contributed by atoms with Gasteiger partial charge in [-0.15, -0.1) is 0 Å². The van der Waals surface area contributed by atoms with Crippen molar-refractivity contribution >= 4 is 23.0 Å². The normalized spacial score (nSPS) is 22.3. The molecule has 1 aromatic rings. The number of nitrogens with zero attached hydrogens (tertiary/aromatic N) is 2. The summed E-state index contributed by atoms with van der Waals surface area (Å²) < 4.78 is 38.3. The van der Waals surface area contributed by atoms with Gasteiger partial charge in [-0.3, -0.25) is 0 Å². The first-order chi connectivity index (χ1) is 13.8. The van der Waals surface area contributed by atoms with Crippen LogP contribution in [0.4, 0.5) is 13.2 Å².